The average Bonchev–Trinajstić information content (AvgIpc) is 3.06. The van der Waals surface area contributed by atoms with Crippen LogP contribution in [-0.2, 0) is 9.59 Å². The first-order valence-electron chi connectivity index (χ1n) is 11.5. The van der Waals surface area contributed by atoms with Gasteiger partial charge in [0.05, 0.1) is 5.69 Å². The van der Waals surface area contributed by atoms with Gasteiger partial charge in [0.1, 0.15) is 0 Å². The van der Waals surface area contributed by atoms with Gasteiger partial charge < -0.3 is 0 Å². The quantitative estimate of drug-likeness (QED) is 0.225. The number of carbonyl (C=O) groups excluding carboxylic acids is 2. The Morgan fingerprint density at radius 2 is 1.06 bits per heavy atom. The lowest BCUT2D eigenvalue weighted by molar-refractivity contribution is -0.133. The Bertz CT molecular complexity index is 1410. The lowest BCUT2D eigenvalue weighted by Gasteiger charge is -2.20. The average molecular weight is 480 g/mol. The van der Waals surface area contributed by atoms with Gasteiger partial charge in [0.15, 0.2) is 0 Å². The molecule has 1 aliphatic rings. The van der Waals surface area contributed by atoms with Crippen molar-refractivity contribution in [2.75, 3.05) is 4.90 Å². The lowest BCUT2D eigenvalue weighted by Crippen LogP contribution is -2.46. The molecule has 0 spiro atoms. The maximum absolute atomic E-state index is 15.0. The van der Waals surface area contributed by atoms with Crippen LogP contribution < -0.4 is 4.90 Å². The van der Waals surface area contributed by atoms with Crippen LogP contribution in [0.5, 0.6) is 0 Å². The van der Waals surface area contributed by atoms with E-state index < -0.39 is 23.2 Å². The van der Waals surface area contributed by atoms with Crippen molar-refractivity contribution in [1.29, 1.82) is 0 Å². The third-order valence-electron chi connectivity index (χ3n) is 6.69. The second-order valence-electron chi connectivity index (χ2n) is 8.94. The molecule has 5 heteroatoms. The highest BCUT2D eigenvalue weighted by molar-refractivity contribution is 6.28. The topological polar surface area (TPSA) is 37.4 Å². The van der Waals surface area contributed by atoms with Crippen molar-refractivity contribution in [3.8, 4) is 33.4 Å². The molecule has 178 valence electrons. The normalized spacial score (nSPS) is 21.6. The van der Waals surface area contributed by atoms with Gasteiger partial charge in [0.2, 0.25) is 11.3 Å². The summed E-state index contributed by atoms with van der Waals surface area (Å²) < 4.78 is 30.0. The summed E-state index contributed by atoms with van der Waals surface area (Å²) in [7, 11) is 0. The molecule has 0 aromatic heterocycles. The first kappa shape index (κ1) is 23.4. The van der Waals surface area contributed by atoms with Crippen LogP contribution in [0.1, 0.15) is 6.92 Å². The van der Waals surface area contributed by atoms with Crippen LogP contribution in [0, 0.1) is 0 Å². The van der Waals surface area contributed by atoms with E-state index >= 15 is 4.39 Å². The van der Waals surface area contributed by atoms with E-state index in [1.54, 1.807) is 12.1 Å². The fourth-order valence-corrected chi connectivity index (χ4v) is 4.53. The van der Waals surface area contributed by atoms with Crippen molar-refractivity contribution in [3.63, 3.8) is 0 Å². The van der Waals surface area contributed by atoms with E-state index in [0.717, 1.165) is 40.3 Å². The molecule has 2 unspecified atom stereocenters. The van der Waals surface area contributed by atoms with Crippen molar-refractivity contribution in [2.45, 2.75) is 18.3 Å². The minimum Gasteiger partial charge on any atom is -0.270 e. The first-order chi connectivity index (χ1) is 17.3. The number of anilines is 1. The molecule has 2 amide bonds. The van der Waals surface area contributed by atoms with E-state index in [2.05, 4.69) is 24.8 Å². The molecule has 0 aliphatic carbocycles. The van der Waals surface area contributed by atoms with Crippen molar-refractivity contribution >= 4 is 17.5 Å². The van der Waals surface area contributed by atoms with Gasteiger partial charge >= 0.3 is 0 Å². The molecule has 1 heterocycles. The number of benzene rings is 4. The molecule has 5 rings (SSSR count). The van der Waals surface area contributed by atoms with Crippen molar-refractivity contribution in [3.05, 3.63) is 116 Å². The van der Waals surface area contributed by atoms with Gasteiger partial charge in [-0.25, -0.2) is 13.7 Å². The predicted molar refractivity (Wildman–Crippen MR) is 139 cm³/mol. The molecule has 0 radical (unpaired) electrons. The number of rotatable bonds is 5. The van der Waals surface area contributed by atoms with Crippen LogP contribution in [-0.4, -0.2) is 23.2 Å². The van der Waals surface area contributed by atoms with Crippen LogP contribution >= 0.6 is 0 Å². The largest absolute Gasteiger partial charge is 0.279 e. The van der Waals surface area contributed by atoms with Gasteiger partial charge in [-0.2, -0.15) is 0 Å². The summed E-state index contributed by atoms with van der Waals surface area (Å²) >= 11 is 0. The van der Waals surface area contributed by atoms with Crippen LogP contribution in [0.3, 0.4) is 0 Å². The molecule has 1 aliphatic heterocycles. The van der Waals surface area contributed by atoms with Crippen molar-refractivity contribution < 1.29 is 18.4 Å². The second kappa shape index (κ2) is 8.68. The number of hydrogen-bond donors (Lipinski definition) is 0. The molecule has 0 N–H and O–H groups in total. The van der Waals surface area contributed by atoms with Gasteiger partial charge in [-0.1, -0.05) is 79.4 Å². The Morgan fingerprint density at radius 1 is 0.639 bits per heavy atom. The molecular formula is C31H23F2NO2. The Hall–Kier alpha value is -4.38. The Balaban J connectivity index is 1.57. The number of halogens is 2. The Labute approximate surface area is 208 Å². The van der Waals surface area contributed by atoms with E-state index in [1.165, 1.54) is 12.1 Å². The number of hydrogen-bond acceptors (Lipinski definition) is 2. The summed E-state index contributed by atoms with van der Waals surface area (Å²) in [5.41, 5.74) is -0.116. The van der Waals surface area contributed by atoms with Crippen molar-refractivity contribution in [1.82, 2.24) is 0 Å². The molecule has 3 nitrogen and oxygen atoms in total. The maximum atomic E-state index is 15.0. The van der Waals surface area contributed by atoms with Crippen LogP contribution in [0.15, 0.2) is 116 Å². The van der Waals surface area contributed by atoms with E-state index in [0.29, 0.717) is 11.0 Å². The summed E-state index contributed by atoms with van der Waals surface area (Å²) in [6, 6.07) is 32.8. The third-order valence-corrected chi connectivity index (χ3v) is 6.69. The highest BCUT2D eigenvalue weighted by Gasteiger charge is 2.68. The summed E-state index contributed by atoms with van der Waals surface area (Å²) in [5, 5.41) is 0. The number of amides is 2. The molecule has 4 aromatic carbocycles. The SMILES string of the molecule is C=CC1(F)C(=O)N(c2ccc(-c3cc(-c4ccccc4)cc(-c4ccccc4)c3)cc2)C(=O)C1(C)F. The number of alkyl halides is 2. The second-order valence-corrected chi connectivity index (χ2v) is 8.94. The van der Waals surface area contributed by atoms with Gasteiger partial charge in [0.25, 0.3) is 11.8 Å². The molecule has 2 atom stereocenters. The Morgan fingerprint density at radius 3 is 1.44 bits per heavy atom. The van der Waals surface area contributed by atoms with Gasteiger partial charge in [-0.15, -0.1) is 0 Å². The molecule has 36 heavy (non-hydrogen) atoms. The zero-order chi connectivity index (χ0) is 25.5. The maximum Gasteiger partial charge on any atom is 0.279 e. The molecule has 1 saturated heterocycles. The molecule has 0 bridgehead atoms. The van der Waals surface area contributed by atoms with Gasteiger partial charge in [-0.05, 0) is 76.7 Å². The minimum absolute atomic E-state index is 0.0986. The predicted octanol–water partition coefficient (Wildman–Crippen LogP) is 7.18. The monoisotopic (exact) mass is 479 g/mol. The van der Waals surface area contributed by atoms with Gasteiger partial charge in [0, 0.05) is 0 Å². The fraction of sp³-hybridized carbons (Fsp3) is 0.0968. The number of carbonyl (C=O) groups is 2. The summed E-state index contributed by atoms with van der Waals surface area (Å²) in [5.74, 6) is -2.53. The Kier molecular flexibility index (Phi) is 5.64. The number of nitrogens with zero attached hydrogens (tertiary/aromatic N) is 1. The third kappa shape index (κ3) is 3.64. The van der Waals surface area contributed by atoms with E-state index in [-0.39, 0.29) is 5.69 Å². The van der Waals surface area contributed by atoms with Crippen LogP contribution in [0.2, 0.25) is 0 Å². The van der Waals surface area contributed by atoms with E-state index in [4.69, 9.17) is 0 Å². The lowest BCUT2D eigenvalue weighted by atomic mass is 9.90. The zero-order valence-electron chi connectivity index (χ0n) is 19.6. The first-order valence-corrected chi connectivity index (χ1v) is 11.5. The molecular weight excluding hydrogens is 456 g/mol. The summed E-state index contributed by atoms with van der Waals surface area (Å²) in [6.45, 7) is 4.00. The minimum atomic E-state index is -3.11. The van der Waals surface area contributed by atoms with E-state index in [9.17, 15) is 14.0 Å². The smallest absolute Gasteiger partial charge is 0.270 e. The fourth-order valence-electron chi connectivity index (χ4n) is 4.53. The zero-order valence-corrected chi connectivity index (χ0v) is 19.6. The molecule has 4 aromatic rings. The summed E-state index contributed by atoms with van der Waals surface area (Å²) in [4.78, 5) is 25.8. The van der Waals surface area contributed by atoms with Crippen LogP contribution in [0.25, 0.3) is 33.4 Å². The van der Waals surface area contributed by atoms with E-state index in [1.807, 2.05) is 60.7 Å². The standard InChI is InChI=1S/C31H23F2NO2/c1-3-31(33)29(36)34(28(35)30(31,2)32)27-16-14-23(15-17-27)26-19-24(21-10-6-4-7-11-21)18-25(20-26)22-12-8-5-9-13-22/h3-20H,1H2,2H3. The van der Waals surface area contributed by atoms with Crippen molar-refractivity contribution in [2.24, 2.45) is 0 Å². The molecule has 1 fully saturated rings. The summed E-state index contributed by atoms with van der Waals surface area (Å²) in [6.07, 6.45) is 0.557. The van der Waals surface area contributed by atoms with Crippen LogP contribution in [0.4, 0.5) is 14.5 Å². The number of imide groups is 1. The van der Waals surface area contributed by atoms with Gasteiger partial charge in [-0.3, -0.25) is 9.59 Å². The highest BCUT2D eigenvalue weighted by Crippen LogP contribution is 2.43. The highest BCUT2D eigenvalue weighted by atomic mass is 19.2. The molecule has 0 saturated carbocycles.